The quantitative estimate of drug-likeness (QED) is 0.899. The summed E-state index contributed by atoms with van der Waals surface area (Å²) in [5, 5.41) is 2.82. The lowest BCUT2D eigenvalue weighted by molar-refractivity contribution is -0.121. The molecule has 1 atom stereocenters. The Balaban J connectivity index is 1.73. The topological polar surface area (TPSA) is 62.3 Å². The van der Waals surface area contributed by atoms with Crippen LogP contribution in [0, 0.1) is 0 Å². The summed E-state index contributed by atoms with van der Waals surface area (Å²) in [5.74, 6) is -0.356. The van der Waals surface area contributed by atoms with E-state index in [4.69, 9.17) is 0 Å². The molecule has 1 saturated heterocycles. The van der Waals surface area contributed by atoms with E-state index in [9.17, 15) is 9.59 Å². The van der Waals surface area contributed by atoms with E-state index in [1.807, 2.05) is 30.3 Å². The molecule has 2 heterocycles. The third-order valence-electron chi connectivity index (χ3n) is 3.78. The minimum absolute atomic E-state index is 0.0706. The fourth-order valence-corrected chi connectivity index (χ4v) is 3.02. The first-order valence-electron chi connectivity index (χ1n) is 7.43. The van der Waals surface area contributed by atoms with Crippen molar-refractivity contribution in [2.24, 2.45) is 0 Å². The summed E-state index contributed by atoms with van der Waals surface area (Å²) in [4.78, 5) is 30.7. The number of anilines is 1. The molecule has 1 aliphatic rings. The number of nitrogens with one attached hydrogen (secondary N) is 1. The average Bonchev–Trinajstić information content (AvgIpc) is 2.57. The molecule has 1 fully saturated rings. The van der Waals surface area contributed by atoms with Crippen LogP contribution in [0.2, 0.25) is 0 Å². The number of piperidine rings is 1. The number of nitrogens with zero attached hydrogens (tertiary/aromatic N) is 2. The molecular weight excluding hydrogens is 358 g/mol. The summed E-state index contributed by atoms with van der Waals surface area (Å²) in [5.41, 5.74) is 1.30. The number of aromatic nitrogens is 1. The van der Waals surface area contributed by atoms with Gasteiger partial charge in [-0.3, -0.25) is 14.6 Å². The number of hydrogen-bond donors (Lipinski definition) is 1. The summed E-state index contributed by atoms with van der Waals surface area (Å²) < 4.78 is 0.728. The van der Waals surface area contributed by atoms with Gasteiger partial charge >= 0.3 is 0 Å². The van der Waals surface area contributed by atoms with Gasteiger partial charge in [0.15, 0.2) is 0 Å². The third kappa shape index (κ3) is 3.59. The van der Waals surface area contributed by atoms with Crippen molar-refractivity contribution in [3.05, 3.63) is 58.8 Å². The number of rotatable bonds is 3. The van der Waals surface area contributed by atoms with E-state index < -0.39 is 6.04 Å². The molecule has 0 spiro atoms. The molecule has 2 aromatic rings. The fraction of sp³-hybridized carbons (Fsp3) is 0.235. The molecule has 1 aromatic heterocycles. The number of hydrogen-bond acceptors (Lipinski definition) is 3. The Labute approximate surface area is 142 Å². The second kappa shape index (κ2) is 6.91. The highest BCUT2D eigenvalue weighted by Crippen LogP contribution is 2.21. The van der Waals surface area contributed by atoms with Crippen LogP contribution in [0.15, 0.2) is 53.3 Å². The van der Waals surface area contributed by atoms with E-state index in [2.05, 4.69) is 26.2 Å². The van der Waals surface area contributed by atoms with Crippen LogP contribution in [0.3, 0.4) is 0 Å². The SMILES string of the molecule is O=C(N[C@@H]1CCCN(c2ccccc2)C1=O)c1cncc(Br)c1. The lowest BCUT2D eigenvalue weighted by Crippen LogP contribution is -2.52. The number of carbonyl (C=O) groups excluding carboxylic acids is 2. The molecule has 6 heteroatoms. The van der Waals surface area contributed by atoms with Crippen LogP contribution in [-0.4, -0.2) is 29.4 Å². The summed E-state index contributed by atoms with van der Waals surface area (Å²) in [6, 6.07) is 10.7. The predicted octanol–water partition coefficient (Wildman–Crippen LogP) is 2.77. The lowest BCUT2D eigenvalue weighted by atomic mass is 10.0. The monoisotopic (exact) mass is 373 g/mol. The van der Waals surface area contributed by atoms with E-state index in [0.29, 0.717) is 18.5 Å². The van der Waals surface area contributed by atoms with Crippen LogP contribution in [0.1, 0.15) is 23.2 Å². The lowest BCUT2D eigenvalue weighted by Gasteiger charge is -2.32. The van der Waals surface area contributed by atoms with Crippen LogP contribution < -0.4 is 10.2 Å². The number of pyridine rings is 1. The molecule has 1 aromatic carbocycles. The van der Waals surface area contributed by atoms with Crippen molar-refractivity contribution in [2.75, 3.05) is 11.4 Å². The predicted molar refractivity (Wildman–Crippen MR) is 91.2 cm³/mol. The van der Waals surface area contributed by atoms with Gasteiger partial charge in [-0.2, -0.15) is 0 Å². The molecule has 3 rings (SSSR count). The van der Waals surface area contributed by atoms with Crippen LogP contribution in [-0.2, 0) is 4.79 Å². The highest BCUT2D eigenvalue weighted by molar-refractivity contribution is 9.10. The molecule has 5 nitrogen and oxygen atoms in total. The maximum atomic E-state index is 12.6. The fourth-order valence-electron chi connectivity index (χ4n) is 2.65. The van der Waals surface area contributed by atoms with Crippen LogP contribution in [0.5, 0.6) is 0 Å². The molecule has 0 radical (unpaired) electrons. The molecule has 1 N–H and O–H groups in total. The summed E-state index contributed by atoms with van der Waals surface area (Å²) >= 11 is 3.29. The molecule has 118 valence electrons. The van der Waals surface area contributed by atoms with Crippen LogP contribution >= 0.6 is 15.9 Å². The van der Waals surface area contributed by atoms with Crippen molar-refractivity contribution < 1.29 is 9.59 Å². The number of para-hydroxylation sites is 1. The molecule has 0 aliphatic carbocycles. The smallest absolute Gasteiger partial charge is 0.253 e. The van der Waals surface area contributed by atoms with Crippen molar-refractivity contribution in [1.82, 2.24) is 10.3 Å². The molecule has 0 saturated carbocycles. The van der Waals surface area contributed by atoms with Gasteiger partial charge in [0.2, 0.25) is 5.91 Å². The maximum Gasteiger partial charge on any atom is 0.253 e. The number of carbonyl (C=O) groups is 2. The third-order valence-corrected chi connectivity index (χ3v) is 4.21. The summed E-state index contributed by atoms with van der Waals surface area (Å²) in [6.45, 7) is 0.674. The molecule has 23 heavy (non-hydrogen) atoms. The number of amides is 2. The van der Waals surface area contributed by atoms with E-state index in [-0.39, 0.29) is 11.8 Å². The first-order chi connectivity index (χ1) is 11.1. The first-order valence-corrected chi connectivity index (χ1v) is 8.22. The molecular formula is C17H16BrN3O2. The molecule has 1 aliphatic heterocycles. The zero-order chi connectivity index (χ0) is 16.2. The minimum atomic E-state index is -0.504. The Kier molecular flexibility index (Phi) is 4.71. The molecule has 0 bridgehead atoms. The number of halogens is 1. The summed E-state index contributed by atoms with van der Waals surface area (Å²) in [6.07, 6.45) is 4.60. The Morgan fingerprint density at radius 1 is 1.26 bits per heavy atom. The van der Waals surface area contributed by atoms with Crippen molar-refractivity contribution >= 4 is 33.4 Å². The first kappa shape index (κ1) is 15.7. The van der Waals surface area contributed by atoms with E-state index >= 15 is 0 Å². The maximum absolute atomic E-state index is 12.6. The van der Waals surface area contributed by atoms with Gasteiger partial charge in [0.25, 0.3) is 5.91 Å². The molecule has 2 amide bonds. The second-order valence-corrected chi connectivity index (χ2v) is 6.30. The molecule has 0 unspecified atom stereocenters. The highest BCUT2D eigenvalue weighted by Gasteiger charge is 2.30. The van der Waals surface area contributed by atoms with E-state index in [0.717, 1.165) is 16.6 Å². The van der Waals surface area contributed by atoms with Gasteiger partial charge in [0, 0.05) is 29.1 Å². The zero-order valence-corrected chi connectivity index (χ0v) is 14.0. The highest BCUT2D eigenvalue weighted by atomic mass is 79.9. The standard InChI is InChI=1S/C17H16BrN3O2/c18-13-9-12(10-19-11-13)16(22)20-15-7-4-8-21(17(15)23)14-5-2-1-3-6-14/h1-3,5-6,9-11,15H,4,7-8H2,(H,20,22)/t15-/m1/s1. The van der Waals surface area contributed by atoms with Gasteiger partial charge in [0.05, 0.1) is 5.56 Å². The van der Waals surface area contributed by atoms with Gasteiger partial charge < -0.3 is 10.2 Å². The van der Waals surface area contributed by atoms with E-state index in [1.54, 1.807) is 17.2 Å². The van der Waals surface area contributed by atoms with Crippen molar-refractivity contribution in [1.29, 1.82) is 0 Å². The van der Waals surface area contributed by atoms with Gasteiger partial charge in [-0.1, -0.05) is 18.2 Å². The van der Waals surface area contributed by atoms with Gasteiger partial charge in [-0.15, -0.1) is 0 Å². The van der Waals surface area contributed by atoms with Crippen LogP contribution in [0.25, 0.3) is 0 Å². The van der Waals surface area contributed by atoms with Crippen molar-refractivity contribution in [2.45, 2.75) is 18.9 Å². The van der Waals surface area contributed by atoms with Gasteiger partial charge in [-0.05, 0) is 47.0 Å². The second-order valence-electron chi connectivity index (χ2n) is 5.39. The average molecular weight is 374 g/mol. The minimum Gasteiger partial charge on any atom is -0.340 e. The zero-order valence-electron chi connectivity index (χ0n) is 12.4. The Morgan fingerprint density at radius 3 is 2.78 bits per heavy atom. The van der Waals surface area contributed by atoms with Crippen LogP contribution in [0.4, 0.5) is 5.69 Å². The normalized spacial score (nSPS) is 17.9. The largest absolute Gasteiger partial charge is 0.340 e. The Hall–Kier alpha value is -2.21. The Bertz CT molecular complexity index is 721. The van der Waals surface area contributed by atoms with Gasteiger partial charge in [-0.25, -0.2) is 0 Å². The Morgan fingerprint density at radius 2 is 2.04 bits per heavy atom. The van der Waals surface area contributed by atoms with E-state index in [1.165, 1.54) is 6.20 Å². The van der Waals surface area contributed by atoms with Crippen molar-refractivity contribution in [3.63, 3.8) is 0 Å². The number of benzene rings is 1. The van der Waals surface area contributed by atoms with Crippen molar-refractivity contribution in [3.8, 4) is 0 Å². The van der Waals surface area contributed by atoms with Gasteiger partial charge in [0.1, 0.15) is 6.04 Å². The summed E-state index contributed by atoms with van der Waals surface area (Å²) in [7, 11) is 0.